The molecule has 0 atom stereocenters. The average molecular weight is 314 g/mol. The fourth-order valence-electron chi connectivity index (χ4n) is 1.62. The Morgan fingerprint density at radius 3 is 2.50 bits per heavy atom. The monoisotopic (exact) mass is 314 g/mol. The first-order chi connectivity index (χ1) is 10.2. The van der Waals surface area contributed by atoms with Crippen molar-refractivity contribution in [1.29, 1.82) is 0 Å². The Morgan fingerprint density at radius 1 is 1.23 bits per heavy atom. The van der Waals surface area contributed by atoms with Crippen LogP contribution < -0.4 is 5.32 Å². The minimum atomic E-state index is -0.463. The highest BCUT2D eigenvalue weighted by Crippen LogP contribution is 2.06. The van der Waals surface area contributed by atoms with E-state index in [9.17, 15) is 9.59 Å². The fraction of sp³-hybridized carbons (Fsp3) is 0.750. The molecule has 0 heterocycles. The SMILES string of the molecule is CCOC(=O)/C=C/CN(C)CCCCNC(=O)OC(C)(C)C. The third kappa shape index (κ3) is 13.4. The Labute approximate surface area is 133 Å². The molecule has 6 heteroatoms. The fourth-order valence-corrected chi connectivity index (χ4v) is 1.62. The van der Waals surface area contributed by atoms with Crippen LogP contribution in [0.1, 0.15) is 40.5 Å². The molecule has 0 rings (SSSR count). The zero-order chi connectivity index (χ0) is 17.0. The molecule has 128 valence electrons. The number of nitrogens with zero attached hydrogens (tertiary/aromatic N) is 1. The van der Waals surface area contributed by atoms with Gasteiger partial charge in [-0.2, -0.15) is 0 Å². The van der Waals surface area contributed by atoms with Crippen LogP contribution in [0.5, 0.6) is 0 Å². The number of unbranched alkanes of at least 4 members (excludes halogenated alkanes) is 1. The normalized spacial score (nSPS) is 11.7. The van der Waals surface area contributed by atoms with E-state index in [1.165, 1.54) is 6.08 Å². The first kappa shape index (κ1) is 20.4. The van der Waals surface area contributed by atoms with Crippen molar-refractivity contribution in [1.82, 2.24) is 10.2 Å². The molecule has 0 spiro atoms. The largest absolute Gasteiger partial charge is 0.463 e. The number of hydrogen-bond acceptors (Lipinski definition) is 5. The van der Waals surface area contributed by atoms with Crippen molar-refractivity contribution >= 4 is 12.1 Å². The van der Waals surface area contributed by atoms with Gasteiger partial charge in [0.2, 0.25) is 0 Å². The molecule has 6 nitrogen and oxygen atoms in total. The molecule has 1 N–H and O–H groups in total. The second-order valence-corrected chi connectivity index (χ2v) is 6.05. The Bertz CT molecular complexity index is 362. The van der Waals surface area contributed by atoms with Gasteiger partial charge in [0, 0.05) is 19.2 Å². The van der Waals surface area contributed by atoms with Crippen LogP contribution in [0.2, 0.25) is 0 Å². The maximum absolute atomic E-state index is 11.4. The molecule has 0 fully saturated rings. The summed E-state index contributed by atoms with van der Waals surface area (Å²) >= 11 is 0. The number of rotatable bonds is 9. The molecule has 0 aliphatic carbocycles. The molecule has 0 aromatic heterocycles. The predicted octanol–water partition coefficient (Wildman–Crippen LogP) is 2.34. The van der Waals surface area contributed by atoms with E-state index in [1.807, 2.05) is 27.8 Å². The van der Waals surface area contributed by atoms with Crippen LogP contribution in [-0.2, 0) is 14.3 Å². The highest BCUT2D eigenvalue weighted by atomic mass is 16.6. The zero-order valence-corrected chi connectivity index (χ0v) is 14.5. The number of esters is 1. The van der Waals surface area contributed by atoms with Gasteiger partial charge in [0.1, 0.15) is 5.60 Å². The molecule has 0 aliphatic rings. The number of carbonyl (C=O) groups is 2. The summed E-state index contributed by atoms with van der Waals surface area (Å²) in [7, 11) is 1.98. The van der Waals surface area contributed by atoms with Crippen LogP contribution in [0.3, 0.4) is 0 Å². The quantitative estimate of drug-likeness (QED) is 0.402. The number of hydrogen-bond donors (Lipinski definition) is 1. The van der Waals surface area contributed by atoms with Crippen LogP contribution in [-0.4, -0.2) is 55.9 Å². The first-order valence-electron chi connectivity index (χ1n) is 7.73. The molecular weight excluding hydrogens is 284 g/mol. The summed E-state index contributed by atoms with van der Waals surface area (Å²) in [6, 6.07) is 0. The lowest BCUT2D eigenvalue weighted by Crippen LogP contribution is -2.33. The topological polar surface area (TPSA) is 67.9 Å². The third-order valence-electron chi connectivity index (χ3n) is 2.59. The van der Waals surface area contributed by atoms with Gasteiger partial charge in [0.15, 0.2) is 0 Å². The molecular formula is C16H30N2O4. The van der Waals surface area contributed by atoms with Crippen molar-refractivity contribution in [3.63, 3.8) is 0 Å². The maximum Gasteiger partial charge on any atom is 0.407 e. The summed E-state index contributed by atoms with van der Waals surface area (Å²) in [6.07, 6.45) is 4.70. The lowest BCUT2D eigenvalue weighted by atomic mass is 10.2. The minimum Gasteiger partial charge on any atom is -0.463 e. The van der Waals surface area contributed by atoms with E-state index in [2.05, 4.69) is 10.2 Å². The second kappa shape index (κ2) is 11.1. The van der Waals surface area contributed by atoms with Crippen LogP contribution in [0.15, 0.2) is 12.2 Å². The summed E-state index contributed by atoms with van der Waals surface area (Å²) in [5.41, 5.74) is -0.463. The van der Waals surface area contributed by atoms with Gasteiger partial charge in [0.05, 0.1) is 6.61 Å². The standard InChI is InChI=1S/C16H30N2O4/c1-6-21-14(19)10-9-13-18(5)12-8-7-11-17-15(20)22-16(2,3)4/h9-10H,6-8,11-13H2,1-5H3,(H,17,20)/b10-9+. The summed E-state index contributed by atoms with van der Waals surface area (Å²) in [5.74, 6) is -0.308. The molecule has 22 heavy (non-hydrogen) atoms. The lowest BCUT2D eigenvalue weighted by molar-refractivity contribution is -0.137. The predicted molar refractivity (Wildman–Crippen MR) is 86.7 cm³/mol. The van der Waals surface area contributed by atoms with E-state index in [1.54, 1.807) is 13.0 Å². The van der Waals surface area contributed by atoms with Crippen LogP contribution in [0.4, 0.5) is 4.79 Å². The molecule has 0 aromatic rings. The van der Waals surface area contributed by atoms with E-state index in [0.29, 0.717) is 19.7 Å². The van der Waals surface area contributed by atoms with Crippen molar-refractivity contribution in [2.45, 2.75) is 46.1 Å². The number of carbonyl (C=O) groups excluding carboxylic acids is 2. The summed E-state index contributed by atoms with van der Waals surface area (Å²) in [5, 5.41) is 2.73. The Balaban J connectivity index is 3.63. The van der Waals surface area contributed by atoms with Crippen molar-refractivity contribution < 1.29 is 19.1 Å². The van der Waals surface area contributed by atoms with Gasteiger partial charge in [-0.3, -0.25) is 0 Å². The number of likely N-dealkylation sites (N-methyl/N-ethyl adjacent to an activating group) is 1. The Hall–Kier alpha value is -1.56. The van der Waals surface area contributed by atoms with Crippen LogP contribution in [0, 0.1) is 0 Å². The van der Waals surface area contributed by atoms with E-state index < -0.39 is 5.60 Å². The minimum absolute atomic E-state index is 0.308. The van der Waals surface area contributed by atoms with Gasteiger partial charge in [-0.05, 0) is 54.1 Å². The van der Waals surface area contributed by atoms with Gasteiger partial charge < -0.3 is 19.7 Å². The van der Waals surface area contributed by atoms with E-state index in [-0.39, 0.29) is 12.1 Å². The summed E-state index contributed by atoms with van der Waals surface area (Å²) in [6.45, 7) is 9.87. The van der Waals surface area contributed by atoms with Crippen molar-refractivity contribution in [2.75, 3.05) is 33.3 Å². The highest BCUT2D eigenvalue weighted by Gasteiger charge is 2.15. The van der Waals surface area contributed by atoms with Crippen molar-refractivity contribution in [3.05, 3.63) is 12.2 Å². The number of ether oxygens (including phenoxy) is 2. The second-order valence-electron chi connectivity index (χ2n) is 6.05. The summed E-state index contributed by atoms with van der Waals surface area (Å²) < 4.78 is 9.94. The van der Waals surface area contributed by atoms with Gasteiger partial charge in [0.25, 0.3) is 0 Å². The summed E-state index contributed by atoms with van der Waals surface area (Å²) in [4.78, 5) is 24.6. The smallest absolute Gasteiger partial charge is 0.407 e. The first-order valence-corrected chi connectivity index (χ1v) is 7.73. The third-order valence-corrected chi connectivity index (χ3v) is 2.59. The van der Waals surface area contributed by atoms with Gasteiger partial charge in [-0.25, -0.2) is 9.59 Å². The number of amides is 1. The van der Waals surface area contributed by atoms with E-state index in [0.717, 1.165) is 19.4 Å². The molecule has 0 aromatic carbocycles. The molecule has 0 radical (unpaired) electrons. The van der Waals surface area contributed by atoms with Crippen molar-refractivity contribution in [2.24, 2.45) is 0 Å². The van der Waals surface area contributed by atoms with E-state index in [4.69, 9.17) is 9.47 Å². The van der Waals surface area contributed by atoms with Crippen LogP contribution in [0.25, 0.3) is 0 Å². The number of alkyl carbamates (subject to hydrolysis) is 1. The molecule has 0 saturated heterocycles. The molecule has 0 bridgehead atoms. The highest BCUT2D eigenvalue weighted by molar-refractivity contribution is 5.81. The lowest BCUT2D eigenvalue weighted by Gasteiger charge is -2.19. The zero-order valence-electron chi connectivity index (χ0n) is 14.5. The molecule has 1 amide bonds. The maximum atomic E-state index is 11.4. The Morgan fingerprint density at radius 2 is 1.91 bits per heavy atom. The van der Waals surface area contributed by atoms with Gasteiger partial charge in [-0.15, -0.1) is 0 Å². The van der Waals surface area contributed by atoms with E-state index >= 15 is 0 Å². The molecule has 0 saturated carbocycles. The average Bonchev–Trinajstić information content (AvgIpc) is 2.36. The molecule has 0 aliphatic heterocycles. The van der Waals surface area contributed by atoms with Gasteiger partial charge >= 0.3 is 12.1 Å². The van der Waals surface area contributed by atoms with Crippen molar-refractivity contribution in [3.8, 4) is 0 Å². The number of nitrogens with one attached hydrogen (secondary N) is 1. The van der Waals surface area contributed by atoms with Gasteiger partial charge in [-0.1, -0.05) is 6.08 Å². The Kier molecular flexibility index (Phi) is 10.3. The molecule has 0 unspecified atom stereocenters. The van der Waals surface area contributed by atoms with Crippen LogP contribution >= 0.6 is 0 Å².